The van der Waals surface area contributed by atoms with Gasteiger partial charge in [-0.15, -0.1) is 0 Å². The molecule has 0 bridgehead atoms. The van der Waals surface area contributed by atoms with Crippen LogP contribution < -0.4 is 24.4 Å². The fourth-order valence-corrected chi connectivity index (χ4v) is 4.88. The van der Waals surface area contributed by atoms with Crippen LogP contribution in [0.5, 0.6) is 11.5 Å². The van der Waals surface area contributed by atoms with Crippen LogP contribution in [0.3, 0.4) is 0 Å². The first-order chi connectivity index (χ1) is 17.7. The summed E-state index contributed by atoms with van der Waals surface area (Å²) in [6.07, 6.45) is -1.60. The smallest absolute Gasteiger partial charge is 0.416 e. The molecule has 0 saturated heterocycles. The number of hydrogen-bond acceptors (Lipinski definition) is 7. The van der Waals surface area contributed by atoms with Crippen LogP contribution in [0.25, 0.3) is 6.08 Å². The Morgan fingerprint density at radius 1 is 1.08 bits per heavy atom. The van der Waals surface area contributed by atoms with Crippen LogP contribution in [0.1, 0.15) is 36.6 Å². The van der Waals surface area contributed by atoms with Crippen molar-refractivity contribution < 1.29 is 32.2 Å². The van der Waals surface area contributed by atoms with E-state index in [2.05, 4.69) is 4.99 Å². The van der Waals surface area contributed by atoms with Crippen molar-refractivity contribution in [3.8, 4) is 11.5 Å². The van der Waals surface area contributed by atoms with Gasteiger partial charge in [0, 0.05) is 6.20 Å². The minimum absolute atomic E-state index is 0.141. The molecule has 194 valence electrons. The molecule has 1 atom stereocenters. The molecule has 0 saturated carbocycles. The number of carbonyl (C=O) groups is 1. The van der Waals surface area contributed by atoms with Crippen molar-refractivity contribution in [3.05, 3.63) is 90.6 Å². The Kier molecular flexibility index (Phi) is 7.53. The summed E-state index contributed by atoms with van der Waals surface area (Å²) in [4.78, 5) is 30.8. The Morgan fingerprint density at radius 3 is 2.38 bits per heavy atom. The number of esters is 1. The zero-order valence-corrected chi connectivity index (χ0v) is 21.0. The molecule has 7 nitrogen and oxygen atoms in total. The van der Waals surface area contributed by atoms with E-state index < -0.39 is 29.3 Å². The number of aromatic nitrogens is 1. The predicted molar refractivity (Wildman–Crippen MR) is 131 cm³/mol. The number of carbonyl (C=O) groups excluding carboxylic acids is 1. The highest BCUT2D eigenvalue weighted by Gasteiger charge is 2.32. The summed E-state index contributed by atoms with van der Waals surface area (Å²) < 4.78 is 56.7. The van der Waals surface area contributed by atoms with Gasteiger partial charge in [0.2, 0.25) is 0 Å². The molecule has 1 aromatic heterocycles. The minimum Gasteiger partial charge on any atom is -0.490 e. The molecule has 0 aliphatic carbocycles. The van der Waals surface area contributed by atoms with Gasteiger partial charge in [0.15, 0.2) is 16.3 Å². The van der Waals surface area contributed by atoms with Crippen LogP contribution in [0.2, 0.25) is 0 Å². The largest absolute Gasteiger partial charge is 0.490 e. The van der Waals surface area contributed by atoms with Crippen molar-refractivity contribution in [3.63, 3.8) is 0 Å². The van der Waals surface area contributed by atoms with Crippen LogP contribution in [0.15, 0.2) is 64.0 Å². The first-order valence-electron chi connectivity index (χ1n) is 11.3. The topological polar surface area (TPSA) is 79.1 Å². The molecule has 2 heterocycles. The molecule has 1 aliphatic rings. The highest BCUT2D eigenvalue weighted by molar-refractivity contribution is 7.07. The average Bonchev–Trinajstić information content (AvgIpc) is 3.19. The number of halogens is 3. The van der Waals surface area contributed by atoms with Crippen LogP contribution in [0, 0.1) is 0 Å². The summed E-state index contributed by atoms with van der Waals surface area (Å²) in [7, 11) is 1.24. The molecule has 4 rings (SSSR count). The Balaban J connectivity index is 1.86. The lowest BCUT2D eigenvalue weighted by atomic mass is 9.97. The molecule has 2 aromatic carbocycles. The van der Waals surface area contributed by atoms with Crippen molar-refractivity contribution in [2.45, 2.75) is 26.1 Å². The van der Waals surface area contributed by atoms with Gasteiger partial charge in [-0.3, -0.25) is 9.36 Å². The Morgan fingerprint density at radius 2 is 1.76 bits per heavy atom. The maximum atomic E-state index is 13.5. The lowest BCUT2D eigenvalue weighted by Crippen LogP contribution is -2.39. The van der Waals surface area contributed by atoms with Crippen molar-refractivity contribution in [1.29, 1.82) is 0 Å². The fraction of sp³-hybridized carbons (Fsp3) is 0.269. The summed E-state index contributed by atoms with van der Waals surface area (Å²) in [5.74, 6) is 0.318. The van der Waals surface area contributed by atoms with Gasteiger partial charge >= 0.3 is 12.1 Å². The Labute approximate surface area is 213 Å². The van der Waals surface area contributed by atoms with Crippen LogP contribution in [-0.4, -0.2) is 30.9 Å². The van der Waals surface area contributed by atoms with E-state index in [4.69, 9.17) is 14.2 Å². The number of benzene rings is 2. The molecular formula is C26H23F3N2O5S. The third-order valence-corrected chi connectivity index (χ3v) is 6.54. The number of hydrogen-bond donors (Lipinski definition) is 0. The van der Waals surface area contributed by atoms with E-state index in [0.717, 1.165) is 23.5 Å². The van der Waals surface area contributed by atoms with E-state index in [-0.39, 0.29) is 10.1 Å². The monoisotopic (exact) mass is 532 g/mol. The van der Waals surface area contributed by atoms with Crippen LogP contribution in [0.4, 0.5) is 13.2 Å². The Hall–Kier alpha value is -3.86. The molecule has 11 heteroatoms. The molecule has 1 aliphatic heterocycles. The second kappa shape index (κ2) is 10.6. The highest BCUT2D eigenvalue weighted by atomic mass is 32.1. The second-order valence-electron chi connectivity index (χ2n) is 7.87. The Bertz CT molecular complexity index is 1520. The standard InChI is InChI=1S/C26H23F3N2O5S/c1-4-35-19-11-8-16(13-20(19)36-5-2)22-18(24(33)34-3)14-30-25-31(22)23(32)21(37-25)12-15-6-9-17(10-7-15)26(27,28)29/h6-14,22H,4-5H2,1-3H3/b21-12-/t22-/m1/s1. The van der Waals surface area contributed by atoms with E-state index in [1.807, 2.05) is 13.8 Å². The molecule has 37 heavy (non-hydrogen) atoms. The number of ether oxygens (including phenoxy) is 3. The molecule has 0 spiro atoms. The number of alkyl halides is 3. The van der Waals surface area contributed by atoms with Crippen LogP contribution in [-0.2, 0) is 15.7 Å². The first kappa shape index (κ1) is 26.2. The summed E-state index contributed by atoms with van der Waals surface area (Å²) in [6.45, 7) is 4.47. The number of methoxy groups -OCH3 is 1. The van der Waals surface area contributed by atoms with Gasteiger partial charge in [-0.1, -0.05) is 29.5 Å². The van der Waals surface area contributed by atoms with E-state index in [0.29, 0.717) is 40.6 Å². The van der Waals surface area contributed by atoms with E-state index in [9.17, 15) is 22.8 Å². The first-order valence-corrected chi connectivity index (χ1v) is 12.2. The number of fused-ring (bicyclic) bond motifs is 1. The third-order valence-electron chi connectivity index (χ3n) is 5.54. The number of nitrogens with zero attached hydrogens (tertiary/aromatic N) is 2. The van der Waals surface area contributed by atoms with E-state index in [1.54, 1.807) is 18.2 Å². The summed E-state index contributed by atoms with van der Waals surface area (Å²) >= 11 is 1.07. The molecule has 0 N–H and O–H groups in total. The van der Waals surface area contributed by atoms with Gasteiger partial charge < -0.3 is 14.2 Å². The quantitative estimate of drug-likeness (QED) is 0.432. The number of thiazole rings is 1. The lowest BCUT2D eigenvalue weighted by molar-refractivity contribution is -0.138. The van der Waals surface area contributed by atoms with E-state index >= 15 is 0 Å². The van der Waals surface area contributed by atoms with Crippen molar-refractivity contribution >= 4 is 23.4 Å². The maximum Gasteiger partial charge on any atom is 0.416 e. The summed E-state index contributed by atoms with van der Waals surface area (Å²) in [5, 5.41) is 0. The van der Waals surface area contributed by atoms with Gasteiger partial charge in [-0.2, -0.15) is 13.2 Å². The average molecular weight is 533 g/mol. The third kappa shape index (κ3) is 5.31. The van der Waals surface area contributed by atoms with Crippen molar-refractivity contribution in [2.24, 2.45) is 4.99 Å². The van der Waals surface area contributed by atoms with E-state index in [1.165, 1.54) is 36.1 Å². The van der Waals surface area contributed by atoms with Gasteiger partial charge in [0.25, 0.3) is 5.56 Å². The zero-order valence-electron chi connectivity index (χ0n) is 20.2. The van der Waals surface area contributed by atoms with Gasteiger partial charge in [0.1, 0.15) is 0 Å². The predicted octanol–water partition coefficient (Wildman–Crippen LogP) is 3.83. The fourth-order valence-electron chi connectivity index (χ4n) is 3.91. The normalized spacial score (nSPS) is 15.5. The molecule has 0 fully saturated rings. The minimum atomic E-state index is -4.46. The van der Waals surface area contributed by atoms with Crippen molar-refractivity contribution in [1.82, 2.24) is 4.57 Å². The molecule has 0 amide bonds. The SMILES string of the molecule is CCOc1ccc([C@@H]2C(C(=O)OC)=CN=c3s/c(=C\c4ccc(C(F)(F)F)cc4)c(=O)n32)cc1OCC. The molecule has 0 unspecified atom stereocenters. The second-order valence-corrected chi connectivity index (χ2v) is 8.88. The summed E-state index contributed by atoms with van der Waals surface area (Å²) in [5.41, 5.74) is -0.102. The zero-order chi connectivity index (χ0) is 26.7. The molecule has 0 radical (unpaired) electrons. The van der Waals surface area contributed by atoms with Gasteiger partial charge in [-0.25, -0.2) is 9.79 Å². The van der Waals surface area contributed by atoms with Gasteiger partial charge in [-0.05, 0) is 55.3 Å². The lowest BCUT2D eigenvalue weighted by Gasteiger charge is -2.23. The maximum absolute atomic E-state index is 13.5. The summed E-state index contributed by atoms with van der Waals surface area (Å²) in [6, 6.07) is 8.76. The van der Waals surface area contributed by atoms with Gasteiger partial charge in [0.05, 0.1) is 42.0 Å². The number of rotatable bonds is 7. The van der Waals surface area contributed by atoms with Crippen LogP contribution >= 0.6 is 11.3 Å². The molecular weight excluding hydrogens is 509 g/mol. The molecule has 3 aromatic rings. The van der Waals surface area contributed by atoms with Crippen molar-refractivity contribution in [2.75, 3.05) is 20.3 Å². The highest BCUT2D eigenvalue weighted by Crippen LogP contribution is 2.35.